The van der Waals surface area contributed by atoms with Crippen LogP contribution in [0.4, 0.5) is 5.82 Å². The molecule has 3 heterocycles. The number of aromatic amines is 1. The van der Waals surface area contributed by atoms with Gasteiger partial charge in [-0.2, -0.15) is 5.10 Å². The number of hydrogen-bond donors (Lipinski definition) is 2. The normalized spacial score (nSPS) is 16.4. The van der Waals surface area contributed by atoms with Gasteiger partial charge < -0.3 is 14.8 Å². The number of nitrogens with zero attached hydrogens (tertiary/aromatic N) is 1. The molecule has 1 saturated heterocycles. The van der Waals surface area contributed by atoms with E-state index in [-0.39, 0.29) is 12.0 Å². The number of aryl methyl sites for hydroxylation is 1. The van der Waals surface area contributed by atoms with E-state index in [2.05, 4.69) is 28.5 Å². The molecule has 1 aliphatic rings. The third-order valence-electron chi connectivity index (χ3n) is 4.40. The Balaban J connectivity index is 1.34. The van der Waals surface area contributed by atoms with Crippen LogP contribution in [-0.2, 0) is 4.74 Å². The standard InChI is InChI=1S/C20H21N3O3S/c1-13-4-9-18(27-13)17-11-19(23-22-17)21-20(24)14-5-7-15(8-6-14)26-12-16-3-2-10-25-16/h4-9,11,16H,2-3,10,12H2,1H3,(H2,21,22,23,24). The van der Waals surface area contributed by atoms with E-state index in [1.54, 1.807) is 35.6 Å². The van der Waals surface area contributed by atoms with E-state index in [1.807, 2.05) is 12.1 Å². The molecule has 1 atom stereocenters. The summed E-state index contributed by atoms with van der Waals surface area (Å²) in [5, 5.41) is 9.94. The predicted octanol–water partition coefficient (Wildman–Crippen LogP) is 4.26. The van der Waals surface area contributed by atoms with Crippen LogP contribution < -0.4 is 10.1 Å². The number of thiophene rings is 1. The van der Waals surface area contributed by atoms with E-state index in [9.17, 15) is 4.79 Å². The maximum Gasteiger partial charge on any atom is 0.256 e. The van der Waals surface area contributed by atoms with Gasteiger partial charge in [-0.25, -0.2) is 0 Å². The fourth-order valence-corrected chi connectivity index (χ4v) is 3.78. The highest BCUT2D eigenvalue weighted by molar-refractivity contribution is 7.15. The van der Waals surface area contributed by atoms with Crippen LogP contribution in [-0.4, -0.2) is 35.4 Å². The molecule has 2 N–H and O–H groups in total. The van der Waals surface area contributed by atoms with Crippen molar-refractivity contribution in [2.24, 2.45) is 0 Å². The number of ether oxygens (including phenoxy) is 2. The molecule has 0 aliphatic carbocycles. The molecule has 0 spiro atoms. The van der Waals surface area contributed by atoms with Crippen molar-refractivity contribution in [2.75, 3.05) is 18.5 Å². The van der Waals surface area contributed by atoms with Gasteiger partial charge in [0, 0.05) is 23.1 Å². The Morgan fingerprint density at radius 3 is 2.89 bits per heavy atom. The molecular formula is C20H21N3O3S. The number of carbonyl (C=O) groups is 1. The number of carbonyl (C=O) groups excluding carboxylic acids is 1. The Labute approximate surface area is 161 Å². The highest BCUT2D eigenvalue weighted by Gasteiger charge is 2.16. The smallest absolute Gasteiger partial charge is 0.256 e. The zero-order valence-corrected chi connectivity index (χ0v) is 15.8. The molecular weight excluding hydrogens is 362 g/mol. The SMILES string of the molecule is Cc1ccc(-c2cc(NC(=O)c3ccc(OCC4CCCO4)cc3)n[nH]2)s1. The second-order valence-corrected chi connectivity index (χ2v) is 7.79. The van der Waals surface area contributed by atoms with Gasteiger partial charge in [-0.3, -0.25) is 9.89 Å². The van der Waals surface area contributed by atoms with Crippen molar-refractivity contribution < 1.29 is 14.3 Å². The molecule has 27 heavy (non-hydrogen) atoms. The van der Waals surface area contributed by atoms with E-state index >= 15 is 0 Å². The van der Waals surface area contributed by atoms with Gasteiger partial charge in [-0.05, 0) is 56.2 Å². The molecule has 7 heteroatoms. The summed E-state index contributed by atoms with van der Waals surface area (Å²) in [6.07, 6.45) is 2.31. The van der Waals surface area contributed by atoms with E-state index in [4.69, 9.17) is 9.47 Å². The highest BCUT2D eigenvalue weighted by Crippen LogP contribution is 2.27. The Bertz CT molecular complexity index is 911. The fourth-order valence-electron chi connectivity index (χ4n) is 2.95. The monoisotopic (exact) mass is 383 g/mol. The molecule has 1 unspecified atom stereocenters. The van der Waals surface area contributed by atoms with Gasteiger partial charge >= 0.3 is 0 Å². The number of nitrogens with one attached hydrogen (secondary N) is 2. The van der Waals surface area contributed by atoms with Gasteiger partial charge in [0.15, 0.2) is 5.82 Å². The average Bonchev–Trinajstić information content (AvgIpc) is 3.42. The van der Waals surface area contributed by atoms with Crippen molar-refractivity contribution in [1.29, 1.82) is 0 Å². The molecule has 1 amide bonds. The minimum absolute atomic E-state index is 0.175. The summed E-state index contributed by atoms with van der Waals surface area (Å²) in [6, 6.07) is 13.0. The van der Waals surface area contributed by atoms with Crippen LogP contribution in [0.2, 0.25) is 0 Å². The van der Waals surface area contributed by atoms with Crippen molar-refractivity contribution in [3.05, 3.63) is 52.9 Å². The van der Waals surface area contributed by atoms with Gasteiger partial charge in [0.25, 0.3) is 5.91 Å². The van der Waals surface area contributed by atoms with Gasteiger partial charge in [-0.1, -0.05) is 0 Å². The van der Waals surface area contributed by atoms with Crippen LogP contribution in [0.3, 0.4) is 0 Å². The summed E-state index contributed by atoms with van der Waals surface area (Å²) in [4.78, 5) is 14.7. The second kappa shape index (κ2) is 7.94. The lowest BCUT2D eigenvalue weighted by molar-refractivity contribution is 0.0679. The first-order chi connectivity index (χ1) is 13.2. The summed E-state index contributed by atoms with van der Waals surface area (Å²) >= 11 is 1.68. The van der Waals surface area contributed by atoms with Gasteiger partial charge in [-0.15, -0.1) is 11.3 Å². The first-order valence-electron chi connectivity index (χ1n) is 8.95. The first kappa shape index (κ1) is 17.8. The highest BCUT2D eigenvalue weighted by atomic mass is 32.1. The largest absolute Gasteiger partial charge is 0.491 e. The zero-order valence-electron chi connectivity index (χ0n) is 15.0. The first-order valence-corrected chi connectivity index (χ1v) is 9.77. The van der Waals surface area contributed by atoms with Crippen LogP contribution in [0, 0.1) is 6.92 Å². The molecule has 1 aromatic carbocycles. The quantitative estimate of drug-likeness (QED) is 0.667. The topological polar surface area (TPSA) is 76.2 Å². The zero-order chi connectivity index (χ0) is 18.6. The number of amides is 1. The Hall–Kier alpha value is -2.64. The van der Waals surface area contributed by atoms with Crippen molar-refractivity contribution in [3.8, 4) is 16.3 Å². The van der Waals surface area contributed by atoms with E-state index in [1.165, 1.54) is 4.88 Å². The van der Waals surface area contributed by atoms with E-state index < -0.39 is 0 Å². The van der Waals surface area contributed by atoms with Gasteiger partial charge in [0.1, 0.15) is 12.4 Å². The maximum absolute atomic E-state index is 12.4. The van der Waals surface area contributed by atoms with Crippen LogP contribution in [0.15, 0.2) is 42.5 Å². The lowest BCUT2D eigenvalue weighted by Crippen LogP contribution is -2.16. The molecule has 1 fully saturated rings. The minimum atomic E-state index is -0.207. The molecule has 4 rings (SSSR count). The van der Waals surface area contributed by atoms with Crippen molar-refractivity contribution in [3.63, 3.8) is 0 Å². The number of hydrogen-bond acceptors (Lipinski definition) is 5. The summed E-state index contributed by atoms with van der Waals surface area (Å²) in [5.74, 6) is 1.03. The number of benzene rings is 1. The second-order valence-electron chi connectivity index (χ2n) is 6.50. The van der Waals surface area contributed by atoms with Gasteiger partial charge in [0.05, 0.1) is 16.7 Å². The fraction of sp³-hybridized carbons (Fsp3) is 0.300. The van der Waals surface area contributed by atoms with Crippen LogP contribution in [0.25, 0.3) is 10.6 Å². The third kappa shape index (κ3) is 4.37. The van der Waals surface area contributed by atoms with E-state index in [0.717, 1.165) is 35.8 Å². The molecule has 0 bridgehead atoms. The summed E-state index contributed by atoms with van der Waals surface area (Å²) < 4.78 is 11.3. The summed E-state index contributed by atoms with van der Waals surface area (Å²) in [7, 11) is 0. The molecule has 1 aliphatic heterocycles. The maximum atomic E-state index is 12.4. The van der Waals surface area contributed by atoms with Crippen molar-refractivity contribution in [1.82, 2.24) is 10.2 Å². The van der Waals surface area contributed by atoms with Gasteiger partial charge in [0.2, 0.25) is 0 Å². The predicted molar refractivity (Wildman–Crippen MR) is 106 cm³/mol. The average molecular weight is 383 g/mol. The number of H-pyrrole nitrogens is 1. The Morgan fingerprint density at radius 1 is 1.33 bits per heavy atom. The summed E-state index contributed by atoms with van der Waals surface area (Å²) in [6.45, 7) is 3.42. The summed E-state index contributed by atoms with van der Waals surface area (Å²) in [5.41, 5.74) is 1.44. The Kier molecular flexibility index (Phi) is 5.22. The lowest BCUT2D eigenvalue weighted by Gasteiger charge is -2.11. The van der Waals surface area contributed by atoms with Crippen LogP contribution in [0.5, 0.6) is 5.75 Å². The minimum Gasteiger partial charge on any atom is -0.491 e. The Morgan fingerprint density at radius 2 is 2.19 bits per heavy atom. The number of anilines is 1. The molecule has 3 aromatic rings. The third-order valence-corrected chi connectivity index (χ3v) is 5.44. The van der Waals surface area contributed by atoms with Crippen molar-refractivity contribution in [2.45, 2.75) is 25.9 Å². The molecule has 0 saturated carbocycles. The van der Waals surface area contributed by atoms with Crippen LogP contribution >= 0.6 is 11.3 Å². The molecule has 140 valence electrons. The van der Waals surface area contributed by atoms with Crippen LogP contribution in [0.1, 0.15) is 28.1 Å². The molecule has 0 radical (unpaired) electrons. The molecule has 6 nitrogen and oxygen atoms in total. The molecule has 2 aromatic heterocycles. The number of rotatable bonds is 6. The van der Waals surface area contributed by atoms with E-state index in [0.29, 0.717) is 18.0 Å². The lowest BCUT2D eigenvalue weighted by atomic mass is 10.2. The van der Waals surface area contributed by atoms with Crippen molar-refractivity contribution >= 4 is 23.1 Å². The number of aromatic nitrogens is 2.